The average Bonchev–Trinajstić information content (AvgIpc) is 2.27. The van der Waals surface area contributed by atoms with E-state index in [2.05, 4.69) is 11.4 Å². The van der Waals surface area contributed by atoms with Crippen molar-refractivity contribution in [1.82, 2.24) is 0 Å². The summed E-state index contributed by atoms with van der Waals surface area (Å²) < 4.78 is 5.12. The maximum Gasteiger partial charge on any atom is 0.121 e. The predicted octanol–water partition coefficient (Wildman–Crippen LogP) is 2.14. The normalized spacial score (nSPS) is 13.6. The number of ether oxygens (including phenoxy) is 1. The first-order chi connectivity index (χ1) is 8.06. The van der Waals surface area contributed by atoms with Crippen LogP contribution in [-0.2, 0) is 0 Å². The molecule has 0 radical (unpaired) electrons. The Balaban J connectivity index is 2.84. The molecular formula is C13H18N2O2. The standard InChI is InChI=1S/C13H18N2O2/c1-9(6-10(2)16)15-13-7-12(17-3)5-4-11(13)8-14/h4-5,7,9-10,15-16H,6H2,1-3H3. The van der Waals surface area contributed by atoms with Gasteiger partial charge in [0.25, 0.3) is 0 Å². The first-order valence-corrected chi connectivity index (χ1v) is 5.59. The van der Waals surface area contributed by atoms with E-state index < -0.39 is 0 Å². The van der Waals surface area contributed by atoms with Crippen molar-refractivity contribution in [3.8, 4) is 11.8 Å². The first-order valence-electron chi connectivity index (χ1n) is 5.59. The Kier molecular flexibility index (Phi) is 4.80. The number of aliphatic hydroxyl groups excluding tert-OH is 1. The Labute approximate surface area is 102 Å². The molecule has 2 N–H and O–H groups in total. The van der Waals surface area contributed by atoms with Gasteiger partial charge in [0.2, 0.25) is 0 Å². The van der Waals surface area contributed by atoms with Crippen LogP contribution in [0.15, 0.2) is 18.2 Å². The number of methoxy groups -OCH3 is 1. The highest BCUT2D eigenvalue weighted by Crippen LogP contribution is 2.23. The molecule has 0 aliphatic rings. The van der Waals surface area contributed by atoms with E-state index in [1.165, 1.54) is 0 Å². The summed E-state index contributed by atoms with van der Waals surface area (Å²) in [6, 6.07) is 7.48. The molecule has 17 heavy (non-hydrogen) atoms. The molecule has 0 bridgehead atoms. The molecule has 0 amide bonds. The van der Waals surface area contributed by atoms with E-state index >= 15 is 0 Å². The van der Waals surface area contributed by atoms with Gasteiger partial charge in [-0.15, -0.1) is 0 Å². The monoisotopic (exact) mass is 234 g/mol. The Morgan fingerprint density at radius 3 is 2.71 bits per heavy atom. The van der Waals surface area contributed by atoms with Crippen LogP contribution < -0.4 is 10.1 Å². The molecule has 0 aromatic heterocycles. The molecule has 1 aromatic carbocycles. The van der Waals surface area contributed by atoms with Crippen LogP contribution in [0.1, 0.15) is 25.8 Å². The minimum atomic E-state index is -0.367. The lowest BCUT2D eigenvalue weighted by Gasteiger charge is -2.18. The number of nitriles is 1. The van der Waals surface area contributed by atoms with Crippen LogP contribution in [0.3, 0.4) is 0 Å². The summed E-state index contributed by atoms with van der Waals surface area (Å²) in [6.07, 6.45) is 0.260. The fourth-order valence-electron chi connectivity index (χ4n) is 1.70. The Hall–Kier alpha value is -1.73. The van der Waals surface area contributed by atoms with E-state index in [9.17, 15) is 5.11 Å². The van der Waals surface area contributed by atoms with Crippen molar-refractivity contribution in [2.75, 3.05) is 12.4 Å². The van der Waals surface area contributed by atoms with Gasteiger partial charge in [0, 0.05) is 12.1 Å². The van der Waals surface area contributed by atoms with Crippen LogP contribution in [0.25, 0.3) is 0 Å². The third-order valence-corrected chi connectivity index (χ3v) is 2.44. The maximum atomic E-state index is 9.30. The van der Waals surface area contributed by atoms with Crippen LogP contribution in [0.4, 0.5) is 5.69 Å². The van der Waals surface area contributed by atoms with Gasteiger partial charge in [-0.2, -0.15) is 5.26 Å². The lowest BCUT2D eigenvalue weighted by atomic mass is 10.1. The van der Waals surface area contributed by atoms with Gasteiger partial charge in [0.05, 0.1) is 24.5 Å². The van der Waals surface area contributed by atoms with Crippen LogP contribution in [0, 0.1) is 11.3 Å². The van der Waals surface area contributed by atoms with E-state index in [0.717, 1.165) is 5.69 Å². The van der Waals surface area contributed by atoms with Crippen molar-refractivity contribution in [2.45, 2.75) is 32.4 Å². The molecule has 2 atom stereocenters. The zero-order valence-corrected chi connectivity index (χ0v) is 10.4. The highest BCUT2D eigenvalue weighted by Gasteiger charge is 2.09. The van der Waals surface area contributed by atoms with Gasteiger partial charge in [0.15, 0.2) is 0 Å². The van der Waals surface area contributed by atoms with Crippen molar-refractivity contribution in [3.63, 3.8) is 0 Å². The summed E-state index contributed by atoms with van der Waals surface area (Å²) in [4.78, 5) is 0. The molecular weight excluding hydrogens is 216 g/mol. The first kappa shape index (κ1) is 13.3. The van der Waals surface area contributed by atoms with E-state index in [4.69, 9.17) is 10.00 Å². The summed E-state index contributed by atoms with van der Waals surface area (Å²) in [5.74, 6) is 0.704. The molecule has 0 saturated heterocycles. The molecule has 0 aliphatic heterocycles. The number of rotatable bonds is 5. The third kappa shape index (κ3) is 3.97. The van der Waals surface area contributed by atoms with Crippen molar-refractivity contribution in [1.29, 1.82) is 5.26 Å². The Bertz CT molecular complexity index is 410. The van der Waals surface area contributed by atoms with Gasteiger partial charge >= 0.3 is 0 Å². The van der Waals surface area contributed by atoms with Gasteiger partial charge in [-0.05, 0) is 32.4 Å². The van der Waals surface area contributed by atoms with Crippen molar-refractivity contribution < 1.29 is 9.84 Å². The second-order valence-electron chi connectivity index (χ2n) is 4.15. The molecule has 4 heteroatoms. The lowest BCUT2D eigenvalue weighted by Crippen LogP contribution is -2.21. The molecule has 0 fully saturated rings. The zero-order chi connectivity index (χ0) is 12.8. The summed E-state index contributed by atoms with van der Waals surface area (Å²) in [5, 5.41) is 21.5. The molecule has 0 saturated carbocycles. The summed E-state index contributed by atoms with van der Waals surface area (Å²) in [6.45, 7) is 3.71. The van der Waals surface area contributed by atoms with Gasteiger partial charge in [0.1, 0.15) is 11.8 Å². The van der Waals surface area contributed by atoms with Crippen molar-refractivity contribution >= 4 is 5.69 Å². The summed E-state index contributed by atoms with van der Waals surface area (Å²) in [5.41, 5.74) is 1.31. The number of benzene rings is 1. The van der Waals surface area contributed by atoms with E-state index in [1.54, 1.807) is 32.2 Å². The third-order valence-electron chi connectivity index (χ3n) is 2.44. The zero-order valence-electron chi connectivity index (χ0n) is 10.4. The molecule has 4 nitrogen and oxygen atoms in total. The maximum absolute atomic E-state index is 9.30. The fourth-order valence-corrected chi connectivity index (χ4v) is 1.70. The Morgan fingerprint density at radius 1 is 1.47 bits per heavy atom. The smallest absolute Gasteiger partial charge is 0.121 e. The number of nitrogens with one attached hydrogen (secondary N) is 1. The van der Waals surface area contributed by atoms with Gasteiger partial charge in [-0.25, -0.2) is 0 Å². The second kappa shape index (κ2) is 6.12. The Morgan fingerprint density at radius 2 is 2.18 bits per heavy atom. The fraction of sp³-hybridized carbons (Fsp3) is 0.462. The molecule has 1 aromatic rings. The molecule has 92 valence electrons. The number of nitrogens with zero attached hydrogens (tertiary/aromatic N) is 1. The largest absolute Gasteiger partial charge is 0.497 e. The summed E-state index contributed by atoms with van der Waals surface area (Å²) >= 11 is 0. The van der Waals surface area contributed by atoms with Crippen LogP contribution >= 0.6 is 0 Å². The quantitative estimate of drug-likeness (QED) is 0.819. The van der Waals surface area contributed by atoms with E-state index in [-0.39, 0.29) is 12.1 Å². The minimum Gasteiger partial charge on any atom is -0.497 e. The summed E-state index contributed by atoms with van der Waals surface area (Å²) in [7, 11) is 1.59. The topological polar surface area (TPSA) is 65.3 Å². The molecule has 0 spiro atoms. The van der Waals surface area contributed by atoms with Crippen molar-refractivity contribution in [2.24, 2.45) is 0 Å². The molecule has 1 rings (SSSR count). The number of anilines is 1. The van der Waals surface area contributed by atoms with Crippen molar-refractivity contribution in [3.05, 3.63) is 23.8 Å². The van der Waals surface area contributed by atoms with Gasteiger partial charge in [-0.1, -0.05) is 0 Å². The second-order valence-corrected chi connectivity index (χ2v) is 4.15. The number of hydrogen-bond acceptors (Lipinski definition) is 4. The van der Waals surface area contributed by atoms with Crippen LogP contribution in [-0.4, -0.2) is 24.4 Å². The number of hydrogen-bond donors (Lipinski definition) is 2. The average molecular weight is 234 g/mol. The predicted molar refractivity (Wildman–Crippen MR) is 67.1 cm³/mol. The van der Waals surface area contributed by atoms with Gasteiger partial charge < -0.3 is 15.2 Å². The minimum absolute atomic E-state index is 0.0919. The van der Waals surface area contributed by atoms with E-state index in [1.807, 2.05) is 6.92 Å². The number of aliphatic hydroxyl groups is 1. The van der Waals surface area contributed by atoms with E-state index in [0.29, 0.717) is 17.7 Å². The van der Waals surface area contributed by atoms with Crippen LogP contribution in [0.5, 0.6) is 5.75 Å². The van der Waals surface area contributed by atoms with Gasteiger partial charge in [-0.3, -0.25) is 0 Å². The molecule has 2 unspecified atom stereocenters. The SMILES string of the molecule is COc1ccc(C#N)c(NC(C)CC(C)O)c1. The molecule has 0 aliphatic carbocycles. The lowest BCUT2D eigenvalue weighted by molar-refractivity contribution is 0.179. The highest BCUT2D eigenvalue weighted by molar-refractivity contribution is 5.60. The highest BCUT2D eigenvalue weighted by atomic mass is 16.5. The van der Waals surface area contributed by atoms with Crippen LogP contribution in [0.2, 0.25) is 0 Å². The molecule has 0 heterocycles.